The number of nitrogens with zero attached hydrogens (tertiary/aromatic N) is 1. The van der Waals surface area contributed by atoms with Crippen molar-refractivity contribution in [3.8, 4) is 23.0 Å². The third-order valence-corrected chi connectivity index (χ3v) is 6.66. The average Bonchev–Trinajstić information content (AvgIpc) is 3.36. The topological polar surface area (TPSA) is 69.3 Å². The normalized spacial score (nSPS) is 16.5. The number of rotatable bonds is 8. The van der Waals surface area contributed by atoms with Crippen LogP contribution in [0, 0.1) is 0 Å². The number of fused-ring (bicyclic) bond motifs is 2. The molecule has 0 saturated heterocycles. The summed E-state index contributed by atoms with van der Waals surface area (Å²) in [7, 11) is 3.30. The van der Waals surface area contributed by atoms with E-state index in [1.54, 1.807) is 14.2 Å². The minimum Gasteiger partial charge on any atom is -0.493 e. The van der Waals surface area contributed by atoms with E-state index in [0.717, 1.165) is 53.3 Å². The van der Waals surface area contributed by atoms with Gasteiger partial charge in [-0.3, -0.25) is 9.69 Å². The molecule has 0 fully saturated rings. The minimum atomic E-state index is 0.00130. The van der Waals surface area contributed by atoms with E-state index >= 15 is 0 Å². The van der Waals surface area contributed by atoms with Gasteiger partial charge < -0.3 is 24.3 Å². The molecule has 35 heavy (non-hydrogen) atoms. The van der Waals surface area contributed by atoms with Crippen molar-refractivity contribution in [1.82, 2.24) is 10.2 Å². The van der Waals surface area contributed by atoms with E-state index in [1.807, 2.05) is 42.5 Å². The summed E-state index contributed by atoms with van der Waals surface area (Å²) in [6, 6.07) is 20.1. The molecule has 5 rings (SSSR count). The molecule has 0 aromatic heterocycles. The van der Waals surface area contributed by atoms with E-state index < -0.39 is 0 Å². The summed E-state index contributed by atoms with van der Waals surface area (Å²) < 4.78 is 22.2. The Morgan fingerprint density at radius 3 is 2.54 bits per heavy atom. The second kappa shape index (κ2) is 10.3. The minimum absolute atomic E-state index is 0.00130. The molecule has 3 aromatic carbocycles. The number of methoxy groups -OCH3 is 2. The molecule has 7 heteroatoms. The van der Waals surface area contributed by atoms with Crippen LogP contribution in [0.15, 0.2) is 60.7 Å². The van der Waals surface area contributed by atoms with Gasteiger partial charge in [0.05, 0.1) is 20.8 Å². The van der Waals surface area contributed by atoms with E-state index in [-0.39, 0.29) is 18.7 Å². The second-order valence-corrected chi connectivity index (χ2v) is 8.80. The van der Waals surface area contributed by atoms with Crippen molar-refractivity contribution in [2.75, 3.05) is 34.1 Å². The maximum absolute atomic E-state index is 12.9. The van der Waals surface area contributed by atoms with Gasteiger partial charge in [-0.1, -0.05) is 36.4 Å². The smallest absolute Gasteiger partial charge is 0.234 e. The molecule has 0 saturated carbocycles. The van der Waals surface area contributed by atoms with Gasteiger partial charge >= 0.3 is 0 Å². The summed E-state index contributed by atoms with van der Waals surface area (Å²) in [4.78, 5) is 15.2. The van der Waals surface area contributed by atoms with Crippen LogP contribution in [-0.2, 0) is 24.2 Å². The Balaban J connectivity index is 1.40. The van der Waals surface area contributed by atoms with Gasteiger partial charge in [0.15, 0.2) is 23.0 Å². The van der Waals surface area contributed by atoms with Gasteiger partial charge in [0, 0.05) is 19.1 Å². The highest BCUT2D eigenvalue weighted by Crippen LogP contribution is 2.40. The van der Waals surface area contributed by atoms with Crippen molar-refractivity contribution in [1.29, 1.82) is 0 Å². The van der Waals surface area contributed by atoms with Gasteiger partial charge in [-0.15, -0.1) is 0 Å². The summed E-state index contributed by atoms with van der Waals surface area (Å²) in [6.07, 6.45) is 1.56. The third-order valence-electron chi connectivity index (χ3n) is 6.66. The molecule has 0 radical (unpaired) electrons. The molecule has 182 valence electrons. The van der Waals surface area contributed by atoms with Crippen molar-refractivity contribution in [2.45, 2.75) is 25.4 Å². The van der Waals surface area contributed by atoms with Gasteiger partial charge in [-0.25, -0.2) is 0 Å². The van der Waals surface area contributed by atoms with Gasteiger partial charge in [-0.05, 0) is 59.4 Å². The Kier molecular flexibility index (Phi) is 6.77. The van der Waals surface area contributed by atoms with Crippen molar-refractivity contribution >= 4 is 5.91 Å². The molecule has 1 atom stereocenters. The predicted molar refractivity (Wildman–Crippen MR) is 132 cm³/mol. The number of hydrogen-bond donors (Lipinski definition) is 1. The Morgan fingerprint density at radius 1 is 0.971 bits per heavy atom. The molecule has 3 aromatic rings. The number of nitrogens with one attached hydrogen (secondary N) is 1. The molecule has 0 spiro atoms. The van der Waals surface area contributed by atoms with E-state index in [9.17, 15) is 4.79 Å². The molecule has 2 aliphatic rings. The van der Waals surface area contributed by atoms with Gasteiger partial charge in [-0.2, -0.15) is 0 Å². The van der Waals surface area contributed by atoms with Gasteiger partial charge in [0.25, 0.3) is 0 Å². The highest BCUT2D eigenvalue weighted by Gasteiger charge is 2.31. The van der Waals surface area contributed by atoms with Crippen LogP contribution in [0.5, 0.6) is 23.0 Å². The molecular formula is C28H30N2O5. The first-order valence-corrected chi connectivity index (χ1v) is 11.8. The third kappa shape index (κ3) is 5.05. The lowest BCUT2D eigenvalue weighted by Gasteiger charge is -2.37. The van der Waals surface area contributed by atoms with Crippen LogP contribution in [0.2, 0.25) is 0 Å². The maximum Gasteiger partial charge on any atom is 0.234 e. The number of ether oxygens (including phenoxy) is 4. The van der Waals surface area contributed by atoms with Crippen molar-refractivity contribution < 1.29 is 23.7 Å². The Bertz CT molecular complexity index is 1200. The van der Waals surface area contributed by atoms with Crippen LogP contribution in [0.25, 0.3) is 0 Å². The van der Waals surface area contributed by atoms with E-state index in [4.69, 9.17) is 18.9 Å². The Hall–Kier alpha value is -3.71. The predicted octanol–water partition coefficient (Wildman–Crippen LogP) is 3.89. The molecule has 0 aliphatic carbocycles. The summed E-state index contributed by atoms with van der Waals surface area (Å²) in [5, 5.41) is 3.07. The number of carbonyl (C=O) groups excluding carboxylic acids is 1. The number of carbonyl (C=O) groups is 1. The number of hydrogen-bond acceptors (Lipinski definition) is 6. The second-order valence-electron chi connectivity index (χ2n) is 8.80. The fourth-order valence-electron chi connectivity index (χ4n) is 4.84. The highest BCUT2D eigenvalue weighted by molar-refractivity contribution is 5.78. The Morgan fingerprint density at radius 2 is 1.74 bits per heavy atom. The zero-order valence-corrected chi connectivity index (χ0v) is 20.1. The molecule has 1 amide bonds. The standard InChI is InChI=1S/C28H30N2O5/c1-32-25-14-21-10-11-30(17-28(31)29-16-19-6-4-3-5-7-19)23(22(21)15-26(25)33-2)12-20-8-9-24-27(13-20)35-18-34-24/h3-9,13-15,23H,10-12,16-18H2,1-2H3,(H,29,31). The lowest BCUT2D eigenvalue weighted by atomic mass is 9.88. The molecule has 1 unspecified atom stereocenters. The van der Waals surface area contributed by atoms with Gasteiger partial charge in [0.2, 0.25) is 12.7 Å². The first kappa shape index (κ1) is 23.1. The van der Waals surface area contributed by atoms with Crippen LogP contribution in [0.1, 0.15) is 28.3 Å². The summed E-state index contributed by atoms with van der Waals surface area (Å²) in [5.74, 6) is 2.95. The lowest BCUT2D eigenvalue weighted by molar-refractivity contribution is -0.123. The lowest BCUT2D eigenvalue weighted by Crippen LogP contribution is -2.43. The quantitative estimate of drug-likeness (QED) is 0.534. The number of amides is 1. The van der Waals surface area contributed by atoms with Crippen LogP contribution >= 0.6 is 0 Å². The van der Waals surface area contributed by atoms with E-state index in [0.29, 0.717) is 18.8 Å². The van der Waals surface area contributed by atoms with Crippen LogP contribution in [-0.4, -0.2) is 44.9 Å². The van der Waals surface area contributed by atoms with Crippen LogP contribution < -0.4 is 24.3 Å². The Labute approximate surface area is 205 Å². The van der Waals surface area contributed by atoms with Crippen molar-refractivity contribution in [3.63, 3.8) is 0 Å². The SMILES string of the molecule is COc1cc2c(cc1OC)C(Cc1ccc3c(c1)OCO3)N(CC(=O)NCc1ccccc1)CC2. The first-order valence-electron chi connectivity index (χ1n) is 11.8. The zero-order valence-electron chi connectivity index (χ0n) is 20.1. The molecule has 7 nitrogen and oxygen atoms in total. The van der Waals surface area contributed by atoms with Crippen molar-refractivity contribution in [2.24, 2.45) is 0 Å². The van der Waals surface area contributed by atoms with Crippen molar-refractivity contribution in [3.05, 3.63) is 82.9 Å². The summed E-state index contributed by atoms with van der Waals surface area (Å²) in [5.41, 5.74) is 4.58. The number of benzene rings is 3. The zero-order chi connectivity index (χ0) is 24.2. The van der Waals surface area contributed by atoms with Gasteiger partial charge in [0.1, 0.15) is 0 Å². The average molecular weight is 475 g/mol. The molecular weight excluding hydrogens is 444 g/mol. The highest BCUT2D eigenvalue weighted by atomic mass is 16.7. The monoisotopic (exact) mass is 474 g/mol. The molecule has 1 N–H and O–H groups in total. The summed E-state index contributed by atoms with van der Waals surface area (Å²) in [6.45, 7) is 1.85. The van der Waals surface area contributed by atoms with E-state index in [2.05, 4.69) is 28.4 Å². The van der Waals surface area contributed by atoms with Crippen LogP contribution in [0.3, 0.4) is 0 Å². The van der Waals surface area contributed by atoms with Crippen LogP contribution in [0.4, 0.5) is 0 Å². The fraction of sp³-hybridized carbons (Fsp3) is 0.321. The largest absolute Gasteiger partial charge is 0.493 e. The molecule has 2 aliphatic heterocycles. The maximum atomic E-state index is 12.9. The fourth-order valence-corrected chi connectivity index (χ4v) is 4.84. The molecule has 2 heterocycles. The molecule has 0 bridgehead atoms. The first-order chi connectivity index (χ1) is 17.1. The van der Waals surface area contributed by atoms with E-state index in [1.165, 1.54) is 5.56 Å². The summed E-state index contributed by atoms with van der Waals surface area (Å²) >= 11 is 0.